The zero-order chi connectivity index (χ0) is 15.0. The Hall–Kier alpha value is -0.780. The molecule has 0 aliphatic heterocycles. The van der Waals surface area contributed by atoms with Gasteiger partial charge in [0.25, 0.3) is 0 Å². The second-order valence-electron chi connectivity index (χ2n) is 5.97. The van der Waals surface area contributed by atoms with Crippen molar-refractivity contribution >= 4 is 27.3 Å². The summed E-state index contributed by atoms with van der Waals surface area (Å²) in [5, 5.41) is 0.400. The standard InChI is InChI=1S/C13H21ClN2O2S/c1-9-6-10(7-11(15)12(9)14)19(17,18)16(5)8-13(2,3)4/h6-7H,8,15H2,1-5H3. The fraction of sp³-hybridized carbons (Fsp3) is 0.538. The zero-order valence-corrected chi connectivity index (χ0v) is 13.6. The Kier molecular flexibility index (Phi) is 4.55. The minimum absolute atomic E-state index is 0.116. The van der Waals surface area contributed by atoms with Crippen molar-refractivity contribution in [2.45, 2.75) is 32.6 Å². The van der Waals surface area contributed by atoms with Crippen LogP contribution in [0.5, 0.6) is 0 Å². The van der Waals surface area contributed by atoms with Gasteiger partial charge in [0.2, 0.25) is 10.0 Å². The third kappa shape index (κ3) is 3.84. The number of nitrogens with zero attached hydrogens (tertiary/aromatic N) is 1. The molecule has 0 heterocycles. The highest BCUT2D eigenvalue weighted by atomic mass is 35.5. The summed E-state index contributed by atoms with van der Waals surface area (Å²) >= 11 is 5.95. The summed E-state index contributed by atoms with van der Waals surface area (Å²) in [6.07, 6.45) is 0. The number of anilines is 1. The highest BCUT2D eigenvalue weighted by Crippen LogP contribution is 2.29. The molecule has 0 bridgehead atoms. The summed E-state index contributed by atoms with van der Waals surface area (Å²) in [6, 6.07) is 2.96. The Morgan fingerprint density at radius 1 is 1.32 bits per heavy atom. The molecule has 1 rings (SSSR count). The monoisotopic (exact) mass is 304 g/mol. The number of aryl methyl sites for hydroxylation is 1. The van der Waals surface area contributed by atoms with Gasteiger partial charge in [0.1, 0.15) is 0 Å². The van der Waals surface area contributed by atoms with Crippen LogP contribution in [0, 0.1) is 12.3 Å². The van der Waals surface area contributed by atoms with Crippen LogP contribution in [0.3, 0.4) is 0 Å². The average molecular weight is 305 g/mol. The number of rotatable bonds is 3. The summed E-state index contributed by atoms with van der Waals surface area (Å²) < 4.78 is 26.2. The lowest BCUT2D eigenvalue weighted by molar-refractivity contribution is 0.311. The molecule has 6 heteroatoms. The van der Waals surface area contributed by atoms with E-state index in [2.05, 4.69) is 0 Å². The molecule has 0 atom stereocenters. The predicted octanol–water partition coefficient (Wildman–Crippen LogP) is 2.90. The topological polar surface area (TPSA) is 63.4 Å². The molecule has 1 aromatic carbocycles. The van der Waals surface area contributed by atoms with Gasteiger partial charge in [-0.2, -0.15) is 0 Å². The maximum Gasteiger partial charge on any atom is 0.242 e. The van der Waals surface area contributed by atoms with Crippen molar-refractivity contribution in [1.29, 1.82) is 0 Å². The van der Waals surface area contributed by atoms with Crippen molar-refractivity contribution in [2.75, 3.05) is 19.3 Å². The van der Waals surface area contributed by atoms with E-state index in [1.807, 2.05) is 20.8 Å². The zero-order valence-electron chi connectivity index (χ0n) is 12.0. The molecule has 0 radical (unpaired) electrons. The molecule has 0 saturated heterocycles. The van der Waals surface area contributed by atoms with E-state index in [9.17, 15) is 8.42 Å². The molecule has 0 aliphatic carbocycles. The maximum absolute atomic E-state index is 12.5. The van der Waals surface area contributed by atoms with Crippen LogP contribution in [0.25, 0.3) is 0 Å². The average Bonchev–Trinajstić information content (AvgIpc) is 2.22. The summed E-state index contributed by atoms with van der Waals surface area (Å²) in [4.78, 5) is 0.179. The summed E-state index contributed by atoms with van der Waals surface area (Å²) in [5.41, 5.74) is 6.55. The smallest absolute Gasteiger partial charge is 0.242 e. The van der Waals surface area contributed by atoms with E-state index in [4.69, 9.17) is 17.3 Å². The predicted molar refractivity (Wildman–Crippen MR) is 79.9 cm³/mol. The minimum Gasteiger partial charge on any atom is -0.397 e. The van der Waals surface area contributed by atoms with Crippen LogP contribution in [-0.4, -0.2) is 26.3 Å². The van der Waals surface area contributed by atoms with Crippen molar-refractivity contribution in [3.63, 3.8) is 0 Å². The van der Waals surface area contributed by atoms with Gasteiger partial charge in [-0.05, 0) is 30.0 Å². The highest BCUT2D eigenvalue weighted by molar-refractivity contribution is 7.89. The fourth-order valence-electron chi connectivity index (χ4n) is 1.84. The van der Waals surface area contributed by atoms with Crippen LogP contribution in [0.1, 0.15) is 26.3 Å². The molecule has 0 amide bonds. The molecule has 108 valence electrons. The number of hydrogen-bond donors (Lipinski definition) is 1. The number of benzene rings is 1. The third-order valence-corrected chi connectivity index (χ3v) is 4.96. The second-order valence-corrected chi connectivity index (χ2v) is 8.39. The quantitative estimate of drug-likeness (QED) is 0.873. The largest absolute Gasteiger partial charge is 0.397 e. The lowest BCUT2D eigenvalue weighted by Crippen LogP contribution is -2.34. The van der Waals surface area contributed by atoms with Gasteiger partial charge in [-0.3, -0.25) is 0 Å². The van der Waals surface area contributed by atoms with Gasteiger partial charge in [-0.15, -0.1) is 0 Å². The summed E-state index contributed by atoms with van der Waals surface area (Å²) in [5.74, 6) is 0. The van der Waals surface area contributed by atoms with Gasteiger partial charge in [-0.25, -0.2) is 12.7 Å². The number of halogens is 1. The van der Waals surface area contributed by atoms with Crippen molar-refractivity contribution < 1.29 is 8.42 Å². The third-order valence-electron chi connectivity index (χ3n) is 2.66. The Balaban J connectivity index is 3.21. The number of sulfonamides is 1. The van der Waals surface area contributed by atoms with Gasteiger partial charge in [0.05, 0.1) is 15.6 Å². The Labute approximate surface area is 120 Å². The van der Waals surface area contributed by atoms with Gasteiger partial charge in [0, 0.05) is 13.6 Å². The van der Waals surface area contributed by atoms with E-state index in [0.717, 1.165) is 0 Å². The summed E-state index contributed by atoms with van der Waals surface area (Å²) in [7, 11) is -1.97. The van der Waals surface area contributed by atoms with E-state index < -0.39 is 10.0 Å². The van der Waals surface area contributed by atoms with Crippen LogP contribution in [0.2, 0.25) is 5.02 Å². The molecule has 0 spiro atoms. The fourth-order valence-corrected chi connectivity index (χ4v) is 3.47. The Morgan fingerprint density at radius 2 is 1.84 bits per heavy atom. The molecule has 0 unspecified atom stereocenters. The van der Waals surface area contributed by atoms with Gasteiger partial charge < -0.3 is 5.73 Å². The molecule has 2 N–H and O–H groups in total. The minimum atomic E-state index is -3.54. The highest BCUT2D eigenvalue weighted by Gasteiger charge is 2.26. The first kappa shape index (κ1) is 16.3. The first-order chi connectivity index (χ1) is 8.45. The van der Waals surface area contributed by atoms with Crippen LogP contribution in [0.4, 0.5) is 5.69 Å². The summed E-state index contributed by atoms with van der Waals surface area (Å²) in [6.45, 7) is 8.12. The lowest BCUT2D eigenvalue weighted by atomic mass is 9.97. The first-order valence-electron chi connectivity index (χ1n) is 5.97. The molecule has 0 saturated carbocycles. The molecule has 1 aromatic rings. The first-order valence-corrected chi connectivity index (χ1v) is 7.79. The molecule has 0 fully saturated rings. The molecule has 19 heavy (non-hydrogen) atoms. The van der Waals surface area contributed by atoms with Gasteiger partial charge in [0.15, 0.2) is 0 Å². The van der Waals surface area contributed by atoms with Crippen LogP contribution in [-0.2, 0) is 10.0 Å². The molecular weight excluding hydrogens is 284 g/mol. The SMILES string of the molecule is Cc1cc(S(=O)(=O)N(C)CC(C)(C)C)cc(N)c1Cl. The van der Waals surface area contributed by atoms with Crippen molar-refractivity contribution in [3.05, 3.63) is 22.7 Å². The number of nitrogen functional groups attached to an aromatic ring is 1. The van der Waals surface area contributed by atoms with E-state index in [1.54, 1.807) is 20.0 Å². The van der Waals surface area contributed by atoms with Crippen molar-refractivity contribution in [3.8, 4) is 0 Å². The normalized spacial score (nSPS) is 13.0. The van der Waals surface area contributed by atoms with Gasteiger partial charge in [-0.1, -0.05) is 32.4 Å². The van der Waals surface area contributed by atoms with Crippen molar-refractivity contribution in [1.82, 2.24) is 4.31 Å². The van der Waals surface area contributed by atoms with Crippen LogP contribution < -0.4 is 5.73 Å². The van der Waals surface area contributed by atoms with Crippen molar-refractivity contribution in [2.24, 2.45) is 5.41 Å². The Bertz CT molecular complexity index is 554. The lowest BCUT2D eigenvalue weighted by Gasteiger charge is -2.26. The van der Waals surface area contributed by atoms with Crippen LogP contribution in [0.15, 0.2) is 17.0 Å². The van der Waals surface area contributed by atoms with E-state index >= 15 is 0 Å². The maximum atomic E-state index is 12.5. The molecule has 4 nitrogen and oxygen atoms in total. The van der Waals surface area contributed by atoms with E-state index in [0.29, 0.717) is 17.1 Å². The molecule has 0 aliphatic rings. The molecule has 0 aromatic heterocycles. The van der Waals surface area contributed by atoms with E-state index in [-0.39, 0.29) is 16.0 Å². The number of nitrogens with two attached hydrogens (primary N) is 1. The molecular formula is C13H21ClN2O2S. The second kappa shape index (κ2) is 5.31. The number of hydrogen-bond acceptors (Lipinski definition) is 3. The van der Waals surface area contributed by atoms with Gasteiger partial charge >= 0.3 is 0 Å². The Morgan fingerprint density at radius 3 is 2.26 bits per heavy atom. The van der Waals surface area contributed by atoms with Crippen LogP contribution >= 0.6 is 11.6 Å². The van der Waals surface area contributed by atoms with E-state index in [1.165, 1.54) is 10.4 Å².